The highest BCUT2D eigenvalue weighted by Crippen LogP contribution is 2.44. The second kappa shape index (κ2) is 8.86. The Morgan fingerprint density at radius 1 is 1.21 bits per heavy atom. The molecular formula is C22H29FN4OS. The molecular weight excluding hydrogens is 387 g/mol. The van der Waals surface area contributed by atoms with E-state index in [1.54, 1.807) is 23.9 Å². The summed E-state index contributed by atoms with van der Waals surface area (Å²) in [7, 11) is 0. The van der Waals surface area contributed by atoms with Crippen molar-refractivity contribution in [1.29, 1.82) is 0 Å². The SMILES string of the molecule is CSc1nnc(CCCNC(=O)C2(c3ccc(F)cc3)CCC2)n1C1CCCC1. The summed E-state index contributed by atoms with van der Waals surface area (Å²) in [4.78, 5) is 12.9. The van der Waals surface area contributed by atoms with Crippen molar-refractivity contribution in [1.82, 2.24) is 20.1 Å². The van der Waals surface area contributed by atoms with E-state index in [-0.39, 0.29) is 11.7 Å². The number of carbonyl (C=O) groups excluding carboxylic acids is 1. The zero-order chi connectivity index (χ0) is 20.3. The van der Waals surface area contributed by atoms with E-state index < -0.39 is 5.41 Å². The Balaban J connectivity index is 1.34. The summed E-state index contributed by atoms with van der Waals surface area (Å²) >= 11 is 1.65. The largest absolute Gasteiger partial charge is 0.355 e. The summed E-state index contributed by atoms with van der Waals surface area (Å²) in [5.41, 5.74) is 0.442. The third-order valence-corrected chi connectivity index (χ3v) is 7.15. The molecule has 1 amide bonds. The molecule has 7 heteroatoms. The normalized spacial score (nSPS) is 18.6. The van der Waals surface area contributed by atoms with Crippen molar-refractivity contribution >= 4 is 17.7 Å². The van der Waals surface area contributed by atoms with Gasteiger partial charge in [0.05, 0.1) is 5.41 Å². The van der Waals surface area contributed by atoms with Crippen LogP contribution in [0.3, 0.4) is 0 Å². The first-order chi connectivity index (χ1) is 14.1. The first-order valence-corrected chi connectivity index (χ1v) is 11.9. The van der Waals surface area contributed by atoms with Gasteiger partial charge in [-0.25, -0.2) is 4.39 Å². The van der Waals surface area contributed by atoms with Crippen molar-refractivity contribution in [3.63, 3.8) is 0 Å². The van der Waals surface area contributed by atoms with E-state index in [0.29, 0.717) is 12.6 Å². The highest BCUT2D eigenvalue weighted by molar-refractivity contribution is 7.98. The van der Waals surface area contributed by atoms with Crippen molar-refractivity contribution in [2.45, 2.75) is 74.4 Å². The van der Waals surface area contributed by atoms with Gasteiger partial charge < -0.3 is 9.88 Å². The van der Waals surface area contributed by atoms with E-state index in [0.717, 1.165) is 48.6 Å². The van der Waals surface area contributed by atoms with Crippen molar-refractivity contribution in [2.24, 2.45) is 0 Å². The number of aromatic nitrogens is 3. The molecule has 2 aliphatic rings. The molecule has 2 aliphatic carbocycles. The summed E-state index contributed by atoms with van der Waals surface area (Å²) in [5.74, 6) is 0.837. The fraction of sp³-hybridized carbons (Fsp3) is 0.591. The molecule has 0 atom stereocenters. The van der Waals surface area contributed by atoms with Crippen LogP contribution < -0.4 is 5.32 Å². The summed E-state index contributed by atoms with van der Waals surface area (Å²) in [5, 5.41) is 12.9. The monoisotopic (exact) mass is 416 g/mol. The third kappa shape index (κ3) is 4.06. The van der Waals surface area contributed by atoms with Gasteiger partial charge in [0.25, 0.3) is 0 Å². The van der Waals surface area contributed by atoms with Crippen LogP contribution in [-0.2, 0) is 16.6 Å². The van der Waals surface area contributed by atoms with Crippen LogP contribution in [0.25, 0.3) is 0 Å². The standard InChI is InChI=1S/C22H29FN4OS/c1-29-21-26-25-19(27(21)18-6-2-3-7-18)8-4-15-24-20(28)22(13-5-14-22)16-9-11-17(23)12-10-16/h9-12,18H,2-8,13-15H2,1H3,(H,24,28). The number of carbonyl (C=O) groups is 1. The maximum atomic E-state index is 13.3. The fourth-order valence-corrected chi connectivity index (χ4v) is 5.28. The Morgan fingerprint density at radius 3 is 2.55 bits per heavy atom. The average Bonchev–Trinajstić information content (AvgIpc) is 3.35. The number of thioether (sulfide) groups is 1. The zero-order valence-corrected chi connectivity index (χ0v) is 17.8. The minimum atomic E-state index is -0.483. The van der Waals surface area contributed by atoms with Crippen LogP contribution >= 0.6 is 11.8 Å². The van der Waals surface area contributed by atoms with Crippen LogP contribution in [0.4, 0.5) is 4.39 Å². The van der Waals surface area contributed by atoms with Crippen molar-refractivity contribution in [3.05, 3.63) is 41.5 Å². The predicted molar refractivity (Wildman–Crippen MR) is 113 cm³/mol. The van der Waals surface area contributed by atoms with Crippen molar-refractivity contribution in [3.8, 4) is 0 Å². The Hall–Kier alpha value is -1.89. The van der Waals surface area contributed by atoms with Crippen LogP contribution in [0.1, 0.15) is 68.8 Å². The summed E-state index contributed by atoms with van der Waals surface area (Å²) in [6.45, 7) is 0.619. The molecule has 0 radical (unpaired) electrons. The molecule has 2 fully saturated rings. The van der Waals surface area contributed by atoms with Crippen LogP contribution in [0.5, 0.6) is 0 Å². The Kier molecular flexibility index (Phi) is 6.23. The molecule has 4 rings (SSSR count). The molecule has 29 heavy (non-hydrogen) atoms. The lowest BCUT2D eigenvalue weighted by molar-refractivity contribution is -0.129. The maximum Gasteiger partial charge on any atom is 0.230 e. The highest BCUT2D eigenvalue weighted by Gasteiger charge is 2.45. The average molecular weight is 417 g/mol. The number of amides is 1. The van der Waals surface area contributed by atoms with Gasteiger partial charge in [-0.15, -0.1) is 10.2 Å². The lowest BCUT2D eigenvalue weighted by atomic mass is 9.64. The van der Waals surface area contributed by atoms with Gasteiger partial charge in [-0.05, 0) is 56.1 Å². The highest BCUT2D eigenvalue weighted by atomic mass is 32.2. The van der Waals surface area contributed by atoms with Gasteiger partial charge in [-0.3, -0.25) is 4.79 Å². The number of benzene rings is 1. The Morgan fingerprint density at radius 2 is 1.93 bits per heavy atom. The van der Waals surface area contributed by atoms with Crippen LogP contribution in [0.2, 0.25) is 0 Å². The number of rotatable bonds is 8. The molecule has 1 heterocycles. The molecule has 2 saturated carbocycles. The molecule has 1 aromatic carbocycles. The van der Waals surface area contributed by atoms with Gasteiger partial charge in [-0.1, -0.05) is 43.2 Å². The number of halogens is 1. The van der Waals surface area contributed by atoms with E-state index >= 15 is 0 Å². The van der Waals surface area contributed by atoms with Gasteiger partial charge in [0.15, 0.2) is 5.16 Å². The second-order valence-corrected chi connectivity index (χ2v) is 8.99. The molecule has 1 N–H and O–H groups in total. The molecule has 1 aromatic heterocycles. The lowest BCUT2D eigenvalue weighted by Gasteiger charge is -2.40. The van der Waals surface area contributed by atoms with Gasteiger partial charge in [0, 0.05) is 19.0 Å². The maximum absolute atomic E-state index is 13.3. The zero-order valence-electron chi connectivity index (χ0n) is 17.0. The first-order valence-electron chi connectivity index (χ1n) is 10.7. The third-order valence-electron chi connectivity index (χ3n) is 6.51. The van der Waals surface area contributed by atoms with E-state index in [4.69, 9.17) is 0 Å². The summed E-state index contributed by atoms with van der Waals surface area (Å²) < 4.78 is 15.6. The molecule has 0 unspecified atom stereocenters. The van der Waals surface area contributed by atoms with Gasteiger partial charge in [-0.2, -0.15) is 0 Å². The quantitative estimate of drug-likeness (QED) is 0.511. The lowest BCUT2D eigenvalue weighted by Crippen LogP contribution is -2.49. The number of nitrogens with one attached hydrogen (secondary N) is 1. The number of hydrogen-bond donors (Lipinski definition) is 1. The smallest absolute Gasteiger partial charge is 0.230 e. The van der Waals surface area contributed by atoms with Gasteiger partial charge >= 0.3 is 0 Å². The fourth-order valence-electron chi connectivity index (χ4n) is 4.71. The van der Waals surface area contributed by atoms with Crippen LogP contribution in [-0.4, -0.2) is 33.5 Å². The van der Waals surface area contributed by atoms with Crippen molar-refractivity contribution < 1.29 is 9.18 Å². The first kappa shape index (κ1) is 20.4. The van der Waals surface area contributed by atoms with E-state index in [1.165, 1.54) is 37.8 Å². The summed E-state index contributed by atoms with van der Waals surface area (Å²) in [6.07, 6.45) is 11.4. The van der Waals surface area contributed by atoms with Crippen LogP contribution in [0.15, 0.2) is 29.4 Å². The number of nitrogens with zero attached hydrogens (tertiary/aromatic N) is 3. The topological polar surface area (TPSA) is 59.8 Å². The number of aryl methyl sites for hydroxylation is 1. The molecule has 156 valence electrons. The van der Waals surface area contributed by atoms with Crippen molar-refractivity contribution in [2.75, 3.05) is 12.8 Å². The molecule has 0 saturated heterocycles. The summed E-state index contributed by atoms with van der Waals surface area (Å²) in [6, 6.07) is 6.92. The van der Waals surface area contributed by atoms with E-state index in [1.807, 2.05) is 6.26 Å². The molecule has 5 nitrogen and oxygen atoms in total. The van der Waals surface area contributed by atoms with Gasteiger partial charge in [0.2, 0.25) is 5.91 Å². The minimum absolute atomic E-state index is 0.0671. The molecule has 0 aliphatic heterocycles. The Bertz CT molecular complexity index is 841. The van der Waals surface area contributed by atoms with E-state index in [2.05, 4.69) is 20.1 Å². The minimum Gasteiger partial charge on any atom is -0.355 e. The molecule has 2 aromatic rings. The second-order valence-electron chi connectivity index (χ2n) is 8.21. The Labute approximate surface area is 175 Å². The van der Waals surface area contributed by atoms with E-state index in [9.17, 15) is 9.18 Å². The molecule has 0 bridgehead atoms. The predicted octanol–water partition coefficient (Wildman–Crippen LogP) is 4.42. The van der Waals surface area contributed by atoms with Gasteiger partial charge in [0.1, 0.15) is 11.6 Å². The van der Waals surface area contributed by atoms with Crippen LogP contribution in [0, 0.1) is 5.82 Å². The molecule has 0 spiro atoms. The number of hydrogen-bond acceptors (Lipinski definition) is 4.